The van der Waals surface area contributed by atoms with Crippen LogP contribution in [-0.4, -0.2) is 60.7 Å². The van der Waals surface area contributed by atoms with Gasteiger partial charge in [0.15, 0.2) is 0 Å². The van der Waals surface area contributed by atoms with Crippen LogP contribution in [-0.2, 0) is 9.53 Å². The van der Waals surface area contributed by atoms with Crippen molar-refractivity contribution >= 4 is 11.9 Å². The topological polar surface area (TPSA) is 58.6 Å². The van der Waals surface area contributed by atoms with Crippen molar-refractivity contribution in [1.82, 2.24) is 14.9 Å². The maximum absolute atomic E-state index is 11.8. The zero-order chi connectivity index (χ0) is 16.4. The second-order valence-electron chi connectivity index (χ2n) is 6.96. The molecule has 0 bridgehead atoms. The van der Waals surface area contributed by atoms with E-state index in [-0.39, 0.29) is 18.6 Å². The number of likely N-dealkylation sites (N-methyl/N-ethyl adjacent to an activating group) is 1. The van der Waals surface area contributed by atoms with E-state index < -0.39 is 0 Å². The molecule has 1 saturated carbocycles. The van der Waals surface area contributed by atoms with E-state index in [1.807, 2.05) is 19.3 Å². The Labute approximate surface area is 137 Å². The van der Waals surface area contributed by atoms with Gasteiger partial charge >= 0.3 is 0 Å². The van der Waals surface area contributed by atoms with Gasteiger partial charge in [0, 0.05) is 45.5 Å². The Hall–Kier alpha value is -1.69. The highest BCUT2D eigenvalue weighted by molar-refractivity contribution is 5.76. The molecule has 1 aromatic heterocycles. The first kappa shape index (κ1) is 16.2. The van der Waals surface area contributed by atoms with Crippen LogP contribution in [0.2, 0.25) is 0 Å². The molecule has 1 aliphatic heterocycles. The number of hydrogen-bond donors (Lipinski definition) is 0. The van der Waals surface area contributed by atoms with Gasteiger partial charge in [-0.3, -0.25) is 4.79 Å². The van der Waals surface area contributed by atoms with Gasteiger partial charge in [-0.05, 0) is 31.2 Å². The Balaban J connectivity index is 1.63. The van der Waals surface area contributed by atoms with E-state index in [2.05, 4.69) is 14.9 Å². The number of anilines is 1. The Morgan fingerprint density at radius 2 is 2.04 bits per heavy atom. The molecular formula is C17H26N4O2. The third-order valence-electron chi connectivity index (χ3n) is 5.00. The molecule has 1 aliphatic carbocycles. The standard InChI is InChI=1S/C17H26N4O2/c1-12-7-18-17(19-8-12)21-9-13-5-4-6-15(14(13)10-21)23-11-16(22)20(2)3/h7-8,13-15H,4-6,9-11H2,1-3H3/t13-,14-,15-/m0/s1. The molecule has 1 amide bonds. The Morgan fingerprint density at radius 3 is 2.74 bits per heavy atom. The van der Waals surface area contributed by atoms with Gasteiger partial charge in [-0.15, -0.1) is 0 Å². The largest absolute Gasteiger partial charge is 0.368 e. The smallest absolute Gasteiger partial charge is 0.248 e. The maximum atomic E-state index is 11.8. The SMILES string of the molecule is Cc1cnc(N2C[C@@H]3CCC[C@H](OCC(=O)N(C)C)[C@H]3C2)nc1. The van der Waals surface area contributed by atoms with Crippen molar-refractivity contribution in [1.29, 1.82) is 0 Å². The Kier molecular flexibility index (Phi) is 4.80. The number of carbonyl (C=O) groups is 1. The van der Waals surface area contributed by atoms with Gasteiger partial charge < -0.3 is 14.5 Å². The lowest BCUT2D eigenvalue weighted by Gasteiger charge is -2.32. The first-order chi connectivity index (χ1) is 11.0. The first-order valence-corrected chi connectivity index (χ1v) is 8.40. The van der Waals surface area contributed by atoms with Crippen molar-refractivity contribution in [3.63, 3.8) is 0 Å². The zero-order valence-corrected chi connectivity index (χ0v) is 14.2. The summed E-state index contributed by atoms with van der Waals surface area (Å²) in [7, 11) is 3.53. The van der Waals surface area contributed by atoms with Crippen molar-refractivity contribution in [2.45, 2.75) is 32.3 Å². The van der Waals surface area contributed by atoms with Crippen LogP contribution in [0, 0.1) is 18.8 Å². The van der Waals surface area contributed by atoms with Crippen LogP contribution < -0.4 is 4.90 Å². The summed E-state index contributed by atoms with van der Waals surface area (Å²) >= 11 is 0. The average molecular weight is 318 g/mol. The zero-order valence-electron chi connectivity index (χ0n) is 14.2. The molecule has 0 N–H and O–H groups in total. The number of ether oxygens (including phenoxy) is 1. The van der Waals surface area contributed by atoms with Gasteiger partial charge in [0.2, 0.25) is 11.9 Å². The average Bonchev–Trinajstić information content (AvgIpc) is 2.97. The minimum absolute atomic E-state index is 0.0313. The number of amides is 1. The molecule has 1 saturated heterocycles. The lowest BCUT2D eigenvalue weighted by Crippen LogP contribution is -2.37. The summed E-state index contributed by atoms with van der Waals surface area (Å²) in [4.78, 5) is 24.5. The Bertz CT molecular complexity index is 546. The highest BCUT2D eigenvalue weighted by Gasteiger charge is 2.41. The summed E-state index contributed by atoms with van der Waals surface area (Å²) in [5, 5.41) is 0. The predicted octanol–water partition coefficient (Wildman–Crippen LogP) is 1.49. The van der Waals surface area contributed by atoms with Crippen LogP contribution >= 0.6 is 0 Å². The number of fused-ring (bicyclic) bond motifs is 1. The quantitative estimate of drug-likeness (QED) is 0.842. The van der Waals surface area contributed by atoms with Gasteiger partial charge in [-0.2, -0.15) is 0 Å². The second kappa shape index (κ2) is 6.83. The number of rotatable bonds is 4. The molecular weight excluding hydrogens is 292 g/mol. The summed E-state index contributed by atoms with van der Waals surface area (Å²) < 4.78 is 5.96. The van der Waals surface area contributed by atoms with Crippen LogP contribution in [0.3, 0.4) is 0 Å². The van der Waals surface area contributed by atoms with Crippen LogP contribution in [0.1, 0.15) is 24.8 Å². The fraction of sp³-hybridized carbons (Fsp3) is 0.706. The molecule has 126 valence electrons. The second-order valence-corrected chi connectivity index (χ2v) is 6.96. The summed E-state index contributed by atoms with van der Waals surface area (Å²) in [5.41, 5.74) is 1.08. The molecule has 23 heavy (non-hydrogen) atoms. The van der Waals surface area contributed by atoms with E-state index in [0.717, 1.165) is 31.0 Å². The summed E-state index contributed by atoms with van der Waals surface area (Å²) in [6.07, 6.45) is 7.36. The number of aromatic nitrogens is 2. The molecule has 0 aromatic carbocycles. The van der Waals surface area contributed by atoms with Crippen LogP contribution in [0.4, 0.5) is 5.95 Å². The number of hydrogen-bond acceptors (Lipinski definition) is 5. The number of aryl methyl sites for hydroxylation is 1. The fourth-order valence-corrected chi connectivity index (χ4v) is 3.65. The van der Waals surface area contributed by atoms with E-state index in [4.69, 9.17) is 4.74 Å². The molecule has 3 rings (SSSR count). The molecule has 6 nitrogen and oxygen atoms in total. The molecule has 0 unspecified atom stereocenters. The molecule has 3 atom stereocenters. The molecule has 0 radical (unpaired) electrons. The normalized spacial score (nSPS) is 26.9. The molecule has 2 fully saturated rings. The van der Waals surface area contributed by atoms with Gasteiger partial charge in [0.05, 0.1) is 6.10 Å². The van der Waals surface area contributed by atoms with E-state index in [1.165, 1.54) is 12.8 Å². The van der Waals surface area contributed by atoms with E-state index in [9.17, 15) is 4.79 Å². The van der Waals surface area contributed by atoms with Crippen molar-refractivity contribution in [2.75, 3.05) is 38.7 Å². The van der Waals surface area contributed by atoms with E-state index >= 15 is 0 Å². The predicted molar refractivity (Wildman–Crippen MR) is 88.2 cm³/mol. The van der Waals surface area contributed by atoms with Crippen molar-refractivity contribution in [3.05, 3.63) is 18.0 Å². The van der Waals surface area contributed by atoms with Gasteiger partial charge in [-0.25, -0.2) is 9.97 Å². The molecule has 2 heterocycles. The third-order valence-corrected chi connectivity index (χ3v) is 5.00. The Morgan fingerprint density at radius 1 is 1.30 bits per heavy atom. The number of carbonyl (C=O) groups excluding carboxylic acids is 1. The van der Waals surface area contributed by atoms with E-state index in [0.29, 0.717) is 11.8 Å². The maximum Gasteiger partial charge on any atom is 0.248 e. The first-order valence-electron chi connectivity index (χ1n) is 8.40. The molecule has 1 aromatic rings. The molecule has 6 heteroatoms. The number of nitrogens with zero attached hydrogens (tertiary/aromatic N) is 4. The van der Waals surface area contributed by atoms with E-state index in [1.54, 1.807) is 19.0 Å². The lowest BCUT2D eigenvalue weighted by atomic mass is 9.79. The van der Waals surface area contributed by atoms with Crippen LogP contribution in [0.15, 0.2) is 12.4 Å². The fourth-order valence-electron chi connectivity index (χ4n) is 3.65. The minimum atomic E-state index is 0.0313. The van der Waals surface area contributed by atoms with Gasteiger partial charge in [0.25, 0.3) is 0 Å². The summed E-state index contributed by atoms with van der Waals surface area (Å²) in [6, 6.07) is 0. The van der Waals surface area contributed by atoms with Gasteiger partial charge in [-0.1, -0.05) is 6.42 Å². The van der Waals surface area contributed by atoms with Crippen molar-refractivity contribution in [2.24, 2.45) is 11.8 Å². The monoisotopic (exact) mass is 318 g/mol. The molecule has 0 spiro atoms. The van der Waals surface area contributed by atoms with Crippen LogP contribution in [0.25, 0.3) is 0 Å². The van der Waals surface area contributed by atoms with Gasteiger partial charge in [0.1, 0.15) is 6.61 Å². The van der Waals surface area contributed by atoms with Crippen molar-refractivity contribution in [3.8, 4) is 0 Å². The minimum Gasteiger partial charge on any atom is -0.368 e. The van der Waals surface area contributed by atoms with Crippen molar-refractivity contribution < 1.29 is 9.53 Å². The highest BCUT2D eigenvalue weighted by Crippen LogP contribution is 2.38. The summed E-state index contributed by atoms with van der Waals surface area (Å²) in [5.74, 6) is 1.94. The summed E-state index contributed by atoms with van der Waals surface area (Å²) in [6.45, 7) is 4.10. The highest BCUT2D eigenvalue weighted by atomic mass is 16.5. The van der Waals surface area contributed by atoms with Crippen LogP contribution in [0.5, 0.6) is 0 Å². The lowest BCUT2D eigenvalue weighted by molar-refractivity contribution is -0.138. The third kappa shape index (κ3) is 3.63. The molecule has 2 aliphatic rings.